The quantitative estimate of drug-likeness (QED) is 0.578. The van der Waals surface area contributed by atoms with Gasteiger partial charge in [-0.3, -0.25) is 9.59 Å². The van der Waals surface area contributed by atoms with Gasteiger partial charge in [0.25, 0.3) is 0 Å². The molecule has 0 aromatic rings. The van der Waals surface area contributed by atoms with Crippen molar-refractivity contribution in [1.29, 1.82) is 0 Å². The standard InChI is InChI=1S/C12H19BrO3/c13-12(9-5-6-10(12)14)8-4-2-1-3-7-11(15)16/h1-9H2,(H,15,16). The molecular formula is C12H19BrO3. The van der Waals surface area contributed by atoms with E-state index in [1.165, 1.54) is 0 Å². The summed E-state index contributed by atoms with van der Waals surface area (Å²) in [5.74, 6) is -0.374. The Morgan fingerprint density at radius 2 is 2.00 bits per heavy atom. The van der Waals surface area contributed by atoms with Gasteiger partial charge < -0.3 is 5.11 Å². The molecular weight excluding hydrogens is 272 g/mol. The van der Waals surface area contributed by atoms with Crippen molar-refractivity contribution in [2.24, 2.45) is 0 Å². The molecule has 1 fully saturated rings. The Bertz CT molecular complexity index is 265. The van der Waals surface area contributed by atoms with Crippen LogP contribution in [0, 0.1) is 0 Å². The number of alkyl halides is 1. The summed E-state index contributed by atoms with van der Waals surface area (Å²) in [4.78, 5) is 21.9. The Morgan fingerprint density at radius 1 is 1.31 bits per heavy atom. The van der Waals surface area contributed by atoms with Crippen molar-refractivity contribution in [1.82, 2.24) is 0 Å². The lowest BCUT2D eigenvalue weighted by molar-refractivity contribution is -0.137. The van der Waals surface area contributed by atoms with Gasteiger partial charge in [-0.2, -0.15) is 0 Å². The van der Waals surface area contributed by atoms with Gasteiger partial charge in [0.1, 0.15) is 5.78 Å². The Morgan fingerprint density at radius 3 is 2.56 bits per heavy atom. The van der Waals surface area contributed by atoms with Crippen molar-refractivity contribution in [3.63, 3.8) is 0 Å². The highest BCUT2D eigenvalue weighted by atomic mass is 79.9. The second-order valence-corrected chi connectivity index (χ2v) is 6.07. The van der Waals surface area contributed by atoms with E-state index in [-0.39, 0.29) is 10.7 Å². The molecule has 4 heteroatoms. The van der Waals surface area contributed by atoms with Crippen LogP contribution in [-0.2, 0) is 9.59 Å². The third kappa shape index (κ3) is 4.24. The minimum Gasteiger partial charge on any atom is -0.481 e. The summed E-state index contributed by atoms with van der Waals surface area (Å²) in [5, 5.41) is 8.47. The fourth-order valence-electron chi connectivity index (χ4n) is 2.19. The van der Waals surface area contributed by atoms with Gasteiger partial charge in [-0.1, -0.05) is 35.2 Å². The van der Waals surface area contributed by atoms with Crippen LogP contribution < -0.4 is 0 Å². The molecule has 16 heavy (non-hydrogen) atoms. The van der Waals surface area contributed by atoms with Crippen LogP contribution in [0.4, 0.5) is 0 Å². The van der Waals surface area contributed by atoms with E-state index in [2.05, 4.69) is 15.9 Å². The minimum absolute atomic E-state index is 0.250. The molecule has 92 valence electrons. The fourth-order valence-corrected chi connectivity index (χ4v) is 2.95. The van der Waals surface area contributed by atoms with Crippen molar-refractivity contribution in [3.05, 3.63) is 0 Å². The molecule has 0 amide bonds. The SMILES string of the molecule is O=C(O)CCCCCCC1(Br)CCCC1=O. The van der Waals surface area contributed by atoms with Crippen molar-refractivity contribution in [3.8, 4) is 0 Å². The molecule has 1 aliphatic rings. The molecule has 0 radical (unpaired) electrons. The maximum Gasteiger partial charge on any atom is 0.303 e. The first-order valence-electron chi connectivity index (χ1n) is 5.99. The molecule has 0 aromatic carbocycles. The average molecular weight is 291 g/mol. The maximum absolute atomic E-state index is 11.6. The van der Waals surface area contributed by atoms with E-state index in [1.807, 2.05) is 0 Å². The summed E-state index contributed by atoms with van der Waals surface area (Å²) >= 11 is 3.56. The third-order valence-electron chi connectivity index (χ3n) is 3.19. The molecule has 3 nitrogen and oxygen atoms in total. The van der Waals surface area contributed by atoms with Crippen molar-refractivity contribution >= 4 is 27.7 Å². The highest BCUT2D eigenvalue weighted by Crippen LogP contribution is 2.38. The molecule has 0 spiro atoms. The van der Waals surface area contributed by atoms with Crippen LogP contribution in [0.3, 0.4) is 0 Å². The number of hydrogen-bond donors (Lipinski definition) is 1. The molecule has 0 aliphatic heterocycles. The second kappa shape index (κ2) is 6.38. The number of rotatable bonds is 7. The van der Waals surface area contributed by atoms with E-state index in [0.717, 1.165) is 44.9 Å². The zero-order valence-electron chi connectivity index (χ0n) is 9.51. The molecule has 0 saturated heterocycles. The summed E-state index contributed by atoms with van der Waals surface area (Å²) in [7, 11) is 0. The van der Waals surface area contributed by atoms with Gasteiger partial charge in [-0.15, -0.1) is 0 Å². The first-order chi connectivity index (χ1) is 7.54. The lowest BCUT2D eigenvalue weighted by atomic mass is 9.98. The van der Waals surface area contributed by atoms with Gasteiger partial charge in [0.15, 0.2) is 0 Å². The van der Waals surface area contributed by atoms with Crippen LogP contribution in [0.15, 0.2) is 0 Å². The number of halogens is 1. The molecule has 1 N–H and O–H groups in total. The van der Waals surface area contributed by atoms with Gasteiger partial charge in [0.2, 0.25) is 0 Å². The number of unbranched alkanes of at least 4 members (excludes halogenated alkanes) is 3. The predicted octanol–water partition coefficient (Wildman–Crippen LogP) is 3.30. The molecule has 1 unspecified atom stereocenters. The van der Waals surface area contributed by atoms with Crippen molar-refractivity contribution in [2.75, 3.05) is 0 Å². The van der Waals surface area contributed by atoms with Gasteiger partial charge in [0.05, 0.1) is 4.32 Å². The number of carboxylic acid groups (broad SMARTS) is 1. The molecule has 1 rings (SSSR count). The van der Waals surface area contributed by atoms with Crippen molar-refractivity contribution < 1.29 is 14.7 Å². The summed E-state index contributed by atoms with van der Waals surface area (Å²) in [6.07, 6.45) is 7.57. The smallest absolute Gasteiger partial charge is 0.303 e. The van der Waals surface area contributed by atoms with E-state index in [0.29, 0.717) is 12.2 Å². The van der Waals surface area contributed by atoms with Crippen molar-refractivity contribution in [2.45, 2.75) is 62.1 Å². The summed E-state index contributed by atoms with van der Waals surface area (Å²) in [6.45, 7) is 0. The van der Waals surface area contributed by atoms with Crippen LogP contribution in [-0.4, -0.2) is 21.2 Å². The van der Waals surface area contributed by atoms with Crippen LogP contribution in [0.2, 0.25) is 0 Å². The van der Waals surface area contributed by atoms with E-state index in [4.69, 9.17) is 5.11 Å². The second-order valence-electron chi connectivity index (χ2n) is 4.55. The molecule has 1 aliphatic carbocycles. The number of aliphatic carboxylic acids is 1. The lowest BCUT2D eigenvalue weighted by Crippen LogP contribution is -2.25. The minimum atomic E-state index is -0.720. The summed E-state index contributed by atoms with van der Waals surface area (Å²) < 4.78 is -0.250. The molecule has 0 bridgehead atoms. The number of ketones is 1. The highest BCUT2D eigenvalue weighted by molar-refractivity contribution is 9.10. The number of carboxylic acids is 1. The van der Waals surface area contributed by atoms with E-state index in [1.54, 1.807) is 0 Å². The largest absolute Gasteiger partial charge is 0.481 e. The zero-order chi connectivity index (χ0) is 12.0. The summed E-state index contributed by atoms with van der Waals surface area (Å²) in [5.41, 5.74) is 0. The highest BCUT2D eigenvalue weighted by Gasteiger charge is 2.38. The van der Waals surface area contributed by atoms with E-state index >= 15 is 0 Å². The molecule has 1 saturated carbocycles. The normalized spacial score (nSPS) is 24.9. The van der Waals surface area contributed by atoms with Gasteiger partial charge in [-0.05, 0) is 25.7 Å². The Hall–Kier alpha value is -0.380. The molecule has 0 heterocycles. The van der Waals surface area contributed by atoms with Crippen LogP contribution in [0.25, 0.3) is 0 Å². The van der Waals surface area contributed by atoms with Gasteiger partial charge in [-0.25, -0.2) is 0 Å². The van der Waals surface area contributed by atoms with Crippen LogP contribution >= 0.6 is 15.9 Å². The van der Waals surface area contributed by atoms with Crippen LogP contribution in [0.1, 0.15) is 57.8 Å². The summed E-state index contributed by atoms with van der Waals surface area (Å²) in [6, 6.07) is 0. The molecule has 0 aromatic heterocycles. The average Bonchev–Trinajstić information content (AvgIpc) is 2.53. The van der Waals surface area contributed by atoms with Crippen LogP contribution in [0.5, 0.6) is 0 Å². The maximum atomic E-state index is 11.6. The van der Waals surface area contributed by atoms with E-state index < -0.39 is 5.97 Å². The Balaban J connectivity index is 2.07. The first-order valence-corrected chi connectivity index (χ1v) is 6.78. The molecule has 1 atom stereocenters. The number of Topliss-reactive ketones (excluding diaryl/α,β-unsaturated/α-hetero) is 1. The Kier molecular flexibility index (Phi) is 5.46. The predicted molar refractivity (Wildman–Crippen MR) is 65.9 cm³/mol. The third-order valence-corrected chi connectivity index (χ3v) is 4.43. The first kappa shape index (κ1) is 13.7. The Labute approximate surface area is 105 Å². The zero-order valence-corrected chi connectivity index (χ0v) is 11.1. The monoisotopic (exact) mass is 290 g/mol. The fraction of sp³-hybridized carbons (Fsp3) is 0.833. The topological polar surface area (TPSA) is 54.4 Å². The lowest BCUT2D eigenvalue weighted by Gasteiger charge is -2.18. The number of carbonyl (C=O) groups excluding carboxylic acids is 1. The van der Waals surface area contributed by atoms with Gasteiger partial charge in [0, 0.05) is 12.8 Å². The number of hydrogen-bond acceptors (Lipinski definition) is 2. The number of carbonyl (C=O) groups is 2. The van der Waals surface area contributed by atoms with Gasteiger partial charge >= 0.3 is 5.97 Å². The van der Waals surface area contributed by atoms with E-state index in [9.17, 15) is 9.59 Å².